The van der Waals surface area contributed by atoms with Crippen molar-refractivity contribution in [1.82, 2.24) is 15.1 Å². The Kier molecular flexibility index (Phi) is 4.65. The van der Waals surface area contributed by atoms with Crippen molar-refractivity contribution >= 4 is 17.8 Å². The highest BCUT2D eigenvalue weighted by Crippen LogP contribution is 2.29. The second-order valence-corrected chi connectivity index (χ2v) is 6.61. The quantitative estimate of drug-likeness (QED) is 0.831. The van der Waals surface area contributed by atoms with Crippen molar-refractivity contribution in [2.24, 2.45) is 0 Å². The summed E-state index contributed by atoms with van der Waals surface area (Å²) in [5.74, 6) is 0.660. The molecule has 1 aromatic rings. The van der Waals surface area contributed by atoms with Crippen molar-refractivity contribution in [2.45, 2.75) is 31.2 Å². The lowest BCUT2D eigenvalue weighted by molar-refractivity contribution is -0.138. The summed E-state index contributed by atoms with van der Waals surface area (Å²) in [6, 6.07) is 7.33. The maximum Gasteiger partial charge on any atom is 0.324 e. The van der Waals surface area contributed by atoms with E-state index in [0.717, 1.165) is 16.2 Å². The van der Waals surface area contributed by atoms with Crippen molar-refractivity contribution in [1.29, 1.82) is 0 Å². The number of urea groups is 1. The first kappa shape index (κ1) is 17.3. The molecular formula is C18H23N3O4. The second kappa shape index (κ2) is 6.74. The molecule has 7 heteroatoms. The highest BCUT2D eigenvalue weighted by molar-refractivity contribution is 6.06. The van der Waals surface area contributed by atoms with Crippen LogP contribution in [0.3, 0.4) is 0 Å². The van der Waals surface area contributed by atoms with E-state index in [-0.39, 0.29) is 17.8 Å². The average Bonchev–Trinajstić information content (AvgIpc) is 2.84. The summed E-state index contributed by atoms with van der Waals surface area (Å²) < 4.78 is 5.19. The lowest BCUT2D eigenvalue weighted by Crippen LogP contribution is -2.55. The monoisotopic (exact) mass is 345 g/mol. The first-order valence-corrected chi connectivity index (χ1v) is 8.46. The zero-order valence-corrected chi connectivity index (χ0v) is 14.6. The first-order chi connectivity index (χ1) is 11.9. The molecule has 0 atom stereocenters. The van der Waals surface area contributed by atoms with E-state index in [0.29, 0.717) is 38.8 Å². The molecule has 0 saturated carbocycles. The molecule has 1 aromatic carbocycles. The van der Waals surface area contributed by atoms with Gasteiger partial charge in [0, 0.05) is 26.6 Å². The van der Waals surface area contributed by atoms with Gasteiger partial charge in [0.1, 0.15) is 11.3 Å². The molecule has 2 aliphatic rings. The zero-order chi connectivity index (χ0) is 18.0. The molecule has 3 rings (SSSR count). The Bertz CT molecular complexity index is 695. The van der Waals surface area contributed by atoms with Gasteiger partial charge in [-0.1, -0.05) is 12.1 Å². The molecule has 2 heterocycles. The molecule has 0 aromatic heterocycles. The highest BCUT2D eigenvalue weighted by Gasteiger charge is 2.51. The van der Waals surface area contributed by atoms with Crippen LogP contribution in [0.5, 0.6) is 5.75 Å². The maximum absolute atomic E-state index is 12.5. The molecule has 2 aliphatic heterocycles. The molecule has 0 bridgehead atoms. The Morgan fingerprint density at radius 3 is 2.60 bits per heavy atom. The first-order valence-electron chi connectivity index (χ1n) is 8.46. The Hall–Kier alpha value is -2.57. The van der Waals surface area contributed by atoms with E-state index in [2.05, 4.69) is 5.32 Å². The van der Waals surface area contributed by atoms with Crippen molar-refractivity contribution in [3.05, 3.63) is 29.8 Å². The second-order valence-electron chi connectivity index (χ2n) is 6.61. The third-order valence-electron chi connectivity index (χ3n) is 5.10. The van der Waals surface area contributed by atoms with Crippen LogP contribution in [0.2, 0.25) is 0 Å². The topological polar surface area (TPSA) is 79.0 Å². The van der Waals surface area contributed by atoms with E-state index in [1.807, 2.05) is 24.3 Å². The predicted octanol–water partition coefficient (Wildman–Crippen LogP) is 1.17. The number of methoxy groups -OCH3 is 1. The number of aryl methyl sites for hydroxylation is 1. The number of carbonyl (C=O) groups excluding carboxylic acids is 3. The van der Waals surface area contributed by atoms with Crippen LogP contribution in [0.25, 0.3) is 0 Å². The molecule has 2 saturated heterocycles. The van der Waals surface area contributed by atoms with E-state index < -0.39 is 5.54 Å². The molecule has 0 unspecified atom stereocenters. The number of likely N-dealkylation sites (N-methyl/N-ethyl adjacent to an activating group) is 1. The fourth-order valence-corrected chi connectivity index (χ4v) is 3.47. The summed E-state index contributed by atoms with van der Waals surface area (Å²) in [5.41, 5.74) is 0.233. The van der Waals surface area contributed by atoms with Gasteiger partial charge < -0.3 is 15.0 Å². The van der Waals surface area contributed by atoms with E-state index >= 15 is 0 Å². The summed E-state index contributed by atoms with van der Waals surface area (Å²) >= 11 is 0. The van der Waals surface area contributed by atoms with Gasteiger partial charge in [-0.05, 0) is 37.0 Å². The minimum atomic E-state index is -0.824. The largest absolute Gasteiger partial charge is 0.497 e. The molecule has 1 spiro atoms. The molecule has 0 aliphatic carbocycles. The number of rotatable bonds is 4. The van der Waals surface area contributed by atoms with Crippen LogP contribution in [-0.4, -0.2) is 60.4 Å². The Balaban J connectivity index is 1.53. The molecule has 1 N–H and O–H groups in total. The third kappa shape index (κ3) is 3.31. The lowest BCUT2D eigenvalue weighted by Gasteiger charge is -2.37. The van der Waals surface area contributed by atoms with Gasteiger partial charge in [0.15, 0.2) is 0 Å². The predicted molar refractivity (Wildman–Crippen MR) is 91.2 cm³/mol. The van der Waals surface area contributed by atoms with Crippen LogP contribution in [0.4, 0.5) is 4.79 Å². The number of nitrogens with zero attached hydrogens (tertiary/aromatic N) is 2. The smallest absolute Gasteiger partial charge is 0.324 e. The number of carbonyl (C=O) groups is 3. The van der Waals surface area contributed by atoms with Gasteiger partial charge in [-0.15, -0.1) is 0 Å². The van der Waals surface area contributed by atoms with Crippen molar-refractivity contribution in [2.75, 3.05) is 27.2 Å². The molecule has 134 valence electrons. The fraction of sp³-hybridized carbons (Fsp3) is 0.500. The number of amides is 4. The van der Waals surface area contributed by atoms with Crippen LogP contribution in [-0.2, 0) is 16.0 Å². The zero-order valence-electron chi connectivity index (χ0n) is 14.6. The van der Waals surface area contributed by atoms with Crippen LogP contribution in [0.15, 0.2) is 24.3 Å². The standard InChI is InChI=1S/C18H23N3O4/c1-20-16(23)18(19-17(20)24)8-10-21(11-9-18)15(22)7-6-13-4-3-5-14(12-13)25-2/h3-5,12H,6-11H2,1-2H3,(H,19,24). The molecule has 4 amide bonds. The Morgan fingerprint density at radius 1 is 1.28 bits per heavy atom. The number of imide groups is 1. The summed E-state index contributed by atoms with van der Waals surface area (Å²) in [6.07, 6.45) is 2.00. The van der Waals surface area contributed by atoms with Crippen LogP contribution in [0, 0.1) is 0 Å². The molecule has 25 heavy (non-hydrogen) atoms. The minimum Gasteiger partial charge on any atom is -0.497 e. The van der Waals surface area contributed by atoms with Crippen molar-refractivity contribution < 1.29 is 19.1 Å². The molecule has 7 nitrogen and oxygen atoms in total. The highest BCUT2D eigenvalue weighted by atomic mass is 16.5. The van der Waals surface area contributed by atoms with E-state index in [1.165, 1.54) is 7.05 Å². The molecular weight excluding hydrogens is 322 g/mol. The van der Waals surface area contributed by atoms with Gasteiger partial charge in [0.05, 0.1) is 7.11 Å². The van der Waals surface area contributed by atoms with E-state index in [4.69, 9.17) is 4.74 Å². The fourth-order valence-electron chi connectivity index (χ4n) is 3.47. The van der Waals surface area contributed by atoms with E-state index in [1.54, 1.807) is 12.0 Å². The van der Waals surface area contributed by atoms with Crippen LogP contribution < -0.4 is 10.1 Å². The SMILES string of the molecule is COc1cccc(CCC(=O)N2CCC3(CC2)NC(=O)N(C)C3=O)c1. The van der Waals surface area contributed by atoms with Crippen molar-refractivity contribution in [3.8, 4) is 5.75 Å². The molecule has 0 radical (unpaired) electrons. The third-order valence-corrected chi connectivity index (χ3v) is 5.10. The number of hydrogen-bond donors (Lipinski definition) is 1. The van der Waals surface area contributed by atoms with Crippen molar-refractivity contribution in [3.63, 3.8) is 0 Å². The number of ether oxygens (including phenoxy) is 1. The molecule has 2 fully saturated rings. The van der Waals surface area contributed by atoms with Gasteiger partial charge in [-0.25, -0.2) is 4.79 Å². The average molecular weight is 345 g/mol. The summed E-state index contributed by atoms with van der Waals surface area (Å²) in [5, 5.41) is 2.78. The van der Waals surface area contributed by atoms with Crippen LogP contribution in [0.1, 0.15) is 24.8 Å². The van der Waals surface area contributed by atoms with Gasteiger partial charge in [-0.2, -0.15) is 0 Å². The Morgan fingerprint density at radius 2 is 2.00 bits per heavy atom. The summed E-state index contributed by atoms with van der Waals surface area (Å²) in [7, 11) is 3.10. The maximum atomic E-state index is 12.5. The normalized spacial score (nSPS) is 19.3. The number of hydrogen-bond acceptors (Lipinski definition) is 4. The summed E-state index contributed by atoms with van der Waals surface area (Å²) in [6.45, 7) is 0.966. The minimum absolute atomic E-state index is 0.0720. The number of nitrogens with one attached hydrogen (secondary N) is 1. The summed E-state index contributed by atoms with van der Waals surface area (Å²) in [4.78, 5) is 39.3. The van der Waals surface area contributed by atoms with Crippen LogP contribution >= 0.6 is 0 Å². The van der Waals surface area contributed by atoms with Gasteiger partial charge in [0.25, 0.3) is 5.91 Å². The number of benzene rings is 1. The van der Waals surface area contributed by atoms with Gasteiger partial charge >= 0.3 is 6.03 Å². The van der Waals surface area contributed by atoms with Gasteiger partial charge in [-0.3, -0.25) is 14.5 Å². The number of likely N-dealkylation sites (tertiary alicyclic amines) is 1. The number of piperidine rings is 1. The Labute approximate surface area is 146 Å². The lowest BCUT2D eigenvalue weighted by atomic mass is 9.87. The van der Waals surface area contributed by atoms with E-state index in [9.17, 15) is 14.4 Å². The van der Waals surface area contributed by atoms with Gasteiger partial charge in [0.2, 0.25) is 5.91 Å².